The third-order valence-electron chi connectivity index (χ3n) is 2.91. The molecule has 0 spiro atoms. The average molecular weight is 429 g/mol. The normalized spacial score (nSPS) is 10.7. The van der Waals surface area contributed by atoms with Crippen molar-refractivity contribution in [3.8, 4) is 5.75 Å². The Morgan fingerprint density at radius 1 is 1.27 bits per heavy atom. The fourth-order valence-electron chi connectivity index (χ4n) is 1.74. The maximum Gasteiger partial charge on any atom is 0.330 e. The standard InChI is InChI=1S/C17H14ClIO3/c1-21-17(20)9-7-12-6-8-16(15(19)10-12)22-11-13-4-2-3-5-14(13)18/h2-10H,11H2,1H3/b9-7+. The summed E-state index contributed by atoms with van der Waals surface area (Å²) in [6.45, 7) is 0.410. The number of rotatable bonds is 5. The fourth-order valence-corrected chi connectivity index (χ4v) is 2.63. The average Bonchev–Trinajstić information content (AvgIpc) is 2.53. The molecule has 22 heavy (non-hydrogen) atoms. The predicted molar refractivity (Wildman–Crippen MR) is 96.0 cm³/mol. The van der Waals surface area contributed by atoms with E-state index < -0.39 is 0 Å². The van der Waals surface area contributed by atoms with Crippen molar-refractivity contribution in [2.24, 2.45) is 0 Å². The number of ether oxygens (including phenoxy) is 2. The molecule has 2 rings (SSSR count). The molecule has 0 aromatic heterocycles. The summed E-state index contributed by atoms with van der Waals surface area (Å²) in [5.74, 6) is 0.393. The van der Waals surface area contributed by atoms with Crippen LogP contribution in [0.3, 0.4) is 0 Å². The summed E-state index contributed by atoms with van der Waals surface area (Å²) in [7, 11) is 1.35. The van der Waals surface area contributed by atoms with Gasteiger partial charge in [0.05, 0.1) is 10.7 Å². The minimum absolute atomic E-state index is 0.381. The van der Waals surface area contributed by atoms with Crippen LogP contribution in [-0.4, -0.2) is 13.1 Å². The van der Waals surface area contributed by atoms with Crippen molar-refractivity contribution in [3.63, 3.8) is 0 Å². The van der Waals surface area contributed by atoms with E-state index in [0.29, 0.717) is 11.6 Å². The Hall–Kier alpha value is -1.53. The van der Waals surface area contributed by atoms with E-state index in [-0.39, 0.29) is 5.97 Å². The second-order valence-corrected chi connectivity index (χ2v) is 6.00. The van der Waals surface area contributed by atoms with Gasteiger partial charge < -0.3 is 9.47 Å². The van der Waals surface area contributed by atoms with Crippen LogP contribution in [0.4, 0.5) is 0 Å². The van der Waals surface area contributed by atoms with E-state index in [4.69, 9.17) is 16.3 Å². The largest absolute Gasteiger partial charge is 0.488 e. The van der Waals surface area contributed by atoms with Gasteiger partial charge in [-0.2, -0.15) is 0 Å². The number of esters is 1. The molecule has 0 fully saturated rings. The molecule has 0 bridgehead atoms. The molecule has 5 heteroatoms. The molecule has 0 aliphatic heterocycles. The second-order valence-electron chi connectivity index (χ2n) is 4.43. The molecule has 0 amide bonds. The number of methoxy groups -OCH3 is 1. The van der Waals surface area contributed by atoms with Crippen LogP contribution in [0.5, 0.6) is 5.75 Å². The van der Waals surface area contributed by atoms with Gasteiger partial charge in [0.2, 0.25) is 0 Å². The molecule has 0 N–H and O–H groups in total. The quantitative estimate of drug-likeness (QED) is 0.393. The van der Waals surface area contributed by atoms with Crippen LogP contribution in [0.25, 0.3) is 6.08 Å². The van der Waals surface area contributed by atoms with E-state index in [9.17, 15) is 4.79 Å². The Kier molecular flexibility index (Phi) is 6.27. The third kappa shape index (κ3) is 4.74. The molecule has 114 valence electrons. The first-order chi connectivity index (χ1) is 10.6. The lowest BCUT2D eigenvalue weighted by molar-refractivity contribution is -0.134. The maximum absolute atomic E-state index is 11.1. The molecule has 3 nitrogen and oxygen atoms in total. The molecule has 2 aromatic carbocycles. The van der Waals surface area contributed by atoms with Gasteiger partial charge >= 0.3 is 5.97 Å². The smallest absolute Gasteiger partial charge is 0.330 e. The number of hydrogen-bond acceptors (Lipinski definition) is 3. The molecule has 0 saturated carbocycles. The van der Waals surface area contributed by atoms with Gasteiger partial charge in [0, 0.05) is 16.7 Å². The van der Waals surface area contributed by atoms with E-state index in [1.165, 1.54) is 13.2 Å². The first kappa shape index (κ1) is 16.8. The molecular formula is C17H14ClIO3. The van der Waals surface area contributed by atoms with Crippen molar-refractivity contribution in [1.82, 2.24) is 0 Å². The summed E-state index contributed by atoms with van der Waals surface area (Å²) < 4.78 is 11.3. The summed E-state index contributed by atoms with van der Waals surface area (Å²) in [5, 5.41) is 0.690. The Labute approximate surface area is 148 Å². The number of halogens is 2. The SMILES string of the molecule is COC(=O)/C=C/c1ccc(OCc2ccccc2Cl)c(I)c1. The van der Waals surface area contributed by atoms with E-state index in [0.717, 1.165) is 20.4 Å². The van der Waals surface area contributed by atoms with Crippen LogP contribution < -0.4 is 4.74 Å². The molecule has 0 unspecified atom stereocenters. The minimum Gasteiger partial charge on any atom is -0.488 e. The molecule has 0 atom stereocenters. The van der Waals surface area contributed by atoms with E-state index in [1.54, 1.807) is 6.08 Å². The van der Waals surface area contributed by atoms with Gasteiger partial charge in [-0.3, -0.25) is 0 Å². The zero-order chi connectivity index (χ0) is 15.9. The molecule has 0 aliphatic carbocycles. The van der Waals surface area contributed by atoms with Gasteiger partial charge in [-0.1, -0.05) is 35.9 Å². The van der Waals surface area contributed by atoms with Gasteiger partial charge in [0.15, 0.2) is 0 Å². The van der Waals surface area contributed by atoms with Gasteiger partial charge in [-0.05, 0) is 52.4 Å². The zero-order valence-electron chi connectivity index (χ0n) is 11.9. The summed E-state index contributed by atoms with van der Waals surface area (Å²) >= 11 is 8.30. The van der Waals surface area contributed by atoms with Crippen molar-refractivity contribution in [3.05, 3.63) is 68.3 Å². The molecule has 0 radical (unpaired) electrons. The monoisotopic (exact) mass is 428 g/mol. The van der Waals surface area contributed by atoms with Crippen molar-refractivity contribution in [2.75, 3.05) is 7.11 Å². The van der Waals surface area contributed by atoms with Crippen LogP contribution in [0.15, 0.2) is 48.5 Å². The lowest BCUT2D eigenvalue weighted by Crippen LogP contribution is -1.98. The topological polar surface area (TPSA) is 35.5 Å². The Morgan fingerprint density at radius 2 is 2.05 bits per heavy atom. The number of carbonyl (C=O) groups is 1. The maximum atomic E-state index is 11.1. The van der Waals surface area contributed by atoms with Crippen molar-refractivity contribution in [1.29, 1.82) is 0 Å². The third-order valence-corrected chi connectivity index (χ3v) is 4.12. The molecule has 0 heterocycles. The summed E-state index contributed by atoms with van der Waals surface area (Å²) in [6, 6.07) is 13.3. The van der Waals surface area contributed by atoms with Crippen molar-refractivity contribution in [2.45, 2.75) is 6.61 Å². The highest BCUT2D eigenvalue weighted by Gasteiger charge is 2.04. The lowest BCUT2D eigenvalue weighted by atomic mass is 10.2. The summed E-state index contributed by atoms with van der Waals surface area (Å²) in [6.07, 6.45) is 3.08. The van der Waals surface area contributed by atoms with Crippen LogP contribution in [0.1, 0.15) is 11.1 Å². The number of hydrogen-bond donors (Lipinski definition) is 0. The van der Waals surface area contributed by atoms with E-state index >= 15 is 0 Å². The van der Waals surface area contributed by atoms with Crippen molar-refractivity contribution < 1.29 is 14.3 Å². The molecular weight excluding hydrogens is 415 g/mol. The first-order valence-corrected chi connectivity index (χ1v) is 7.97. The van der Waals surface area contributed by atoms with Gasteiger partial charge in [-0.25, -0.2) is 4.79 Å². The van der Waals surface area contributed by atoms with E-state index in [2.05, 4.69) is 27.3 Å². The predicted octanol–water partition coefficient (Wildman–Crippen LogP) is 4.71. The number of benzene rings is 2. The zero-order valence-corrected chi connectivity index (χ0v) is 14.8. The summed E-state index contributed by atoms with van der Waals surface area (Å²) in [5.41, 5.74) is 1.84. The van der Waals surface area contributed by atoms with Crippen molar-refractivity contribution >= 4 is 46.2 Å². The van der Waals surface area contributed by atoms with Crippen LogP contribution in [0, 0.1) is 3.57 Å². The van der Waals surface area contributed by atoms with Gasteiger partial charge in [0.25, 0.3) is 0 Å². The molecule has 2 aromatic rings. The Balaban J connectivity index is 2.05. The highest BCUT2D eigenvalue weighted by molar-refractivity contribution is 14.1. The fraction of sp³-hybridized carbons (Fsp3) is 0.118. The van der Waals surface area contributed by atoms with E-state index in [1.807, 2.05) is 42.5 Å². The highest BCUT2D eigenvalue weighted by atomic mass is 127. The van der Waals surface area contributed by atoms with Crippen LogP contribution in [-0.2, 0) is 16.1 Å². The van der Waals surface area contributed by atoms with Crippen LogP contribution >= 0.6 is 34.2 Å². The first-order valence-electron chi connectivity index (χ1n) is 6.52. The number of carbonyl (C=O) groups excluding carboxylic acids is 1. The van der Waals surface area contributed by atoms with Gasteiger partial charge in [0.1, 0.15) is 12.4 Å². The second kappa shape index (κ2) is 8.19. The molecule has 0 saturated heterocycles. The molecule has 0 aliphatic rings. The van der Waals surface area contributed by atoms with Crippen LogP contribution in [0.2, 0.25) is 5.02 Å². The Bertz CT molecular complexity index is 698. The summed E-state index contributed by atoms with van der Waals surface area (Å²) in [4.78, 5) is 11.1. The lowest BCUT2D eigenvalue weighted by Gasteiger charge is -2.10. The highest BCUT2D eigenvalue weighted by Crippen LogP contribution is 2.25. The Morgan fingerprint density at radius 3 is 2.73 bits per heavy atom. The van der Waals surface area contributed by atoms with Gasteiger partial charge in [-0.15, -0.1) is 0 Å². The minimum atomic E-state index is -0.381.